The number of thiocarbonyl (C=S) groups is 1. The summed E-state index contributed by atoms with van der Waals surface area (Å²) < 4.78 is 2.01. The third kappa shape index (κ3) is 5.91. The number of aromatic carboxylic acids is 1. The number of rotatable bonds is 7. The van der Waals surface area contributed by atoms with E-state index in [1.807, 2.05) is 15.8 Å². The number of halogens is 1. The molecule has 0 saturated carbocycles. The number of carboxylic acids is 1. The van der Waals surface area contributed by atoms with Gasteiger partial charge in [0.15, 0.2) is 0 Å². The highest BCUT2D eigenvalue weighted by Gasteiger charge is 2.15. The zero-order chi connectivity index (χ0) is 14.3. The van der Waals surface area contributed by atoms with Gasteiger partial charge in [-0.1, -0.05) is 44.3 Å². The van der Waals surface area contributed by atoms with Crippen molar-refractivity contribution in [2.24, 2.45) is 0 Å². The van der Waals surface area contributed by atoms with E-state index in [4.69, 9.17) is 17.3 Å². The van der Waals surface area contributed by atoms with Crippen molar-refractivity contribution in [2.75, 3.05) is 11.5 Å². The number of carbonyl (C=O) groups is 1. The van der Waals surface area contributed by atoms with Crippen molar-refractivity contribution in [2.45, 2.75) is 20.3 Å². The maximum absolute atomic E-state index is 11.2. The molecule has 0 aliphatic carbocycles. The highest BCUT2D eigenvalue weighted by atomic mass is 35.5. The molecule has 0 atom stereocenters. The van der Waals surface area contributed by atoms with Crippen LogP contribution < -0.4 is 0 Å². The molecule has 0 spiro atoms. The highest BCUT2D eigenvalue weighted by Crippen LogP contribution is 2.24. The largest absolute Gasteiger partial charge is 0.478 e. The minimum atomic E-state index is -0.906. The van der Waals surface area contributed by atoms with E-state index in [0.29, 0.717) is 12.0 Å². The maximum atomic E-state index is 11.2. The second-order valence-electron chi connectivity index (χ2n) is 3.63. The van der Waals surface area contributed by atoms with E-state index in [0.717, 1.165) is 22.1 Å². The van der Waals surface area contributed by atoms with Gasteiger partial charge in [-0.3, -0.25) is 3.71 Å². The van der Waals surface area contributed by atoms with E-state index in [1.54, 1.807) is 36.0 Å². The van der Waals surface area contributed by atoms with Crippen LogP contribution in [0.3, 0.4) is 0 Å². The van der Waals surface area contributed by atoms with Crippen LogP contribution in [0.4, 0.5) is 0 Å². The summed E-state index contributed by atoms with van der Waals surface area (Å²) in [7, 11) is 0. The molecule has 112 valence electrons. The molecule has 1 aromatic rings. The van der Waals surface area contributed by atoms with Gasteiger partial charge in [0.05, 0.1) is 5.56 Å². The van der Waals surface area contributed by atoms with Gasteiger partial charge < -0.3 is 5.11 Å². The number of hydrogen-bond acceptors (Lipinski definition) is 4. The van der Waals surface area contributed by atoms with Gasteiger partial charge >= 0.3 is 5.97 Å². The van der Waals surface area contributed by atoms with Gasteiger partial charge in [0.2, 0.25) is 0 Å². The van der Waals surface area contributed by atoms with Gasteiger partial charge in [0.25, 0.3) is 0 Å². The van der Waals surface area contributed by atoms with Gasteiger partial charge in [-0.15, -0.1) is 12.4 Å². The minimum Gasteiger partial charge on any atom is -0.478 e. The SMILES string of the molecule is CCSN(SCC)C(=S)Cc1ccccc1C(=O)O.Cl. The summed E-state index contributed by atoms with van der Waals surface area (Å²) in [6, 6.07) is 7.01. The fourth-order valence-electron chi connectivity index (χ4n) is 1.53. The van der Waals surface area contributed by atoms with Crippen molar-refractivity contribution in [1.29, 1.82) is 0 Å². The fraction of sp³-hybridized carbons (Fsp3) is 0.385. The van der Waals surface area contributed by atoms with Crippen molar-refractivity contribution in [1.82, 2.24) is 3.71 Å². The lowest BCUT2D eigenvalue weighted by molar-refractivity contribution is 0.0696. The fourth-order valence-corrected chi connectivity index (χ4v) is 3.81. The number of hydrogen-bond donors (Lipinski definition) is 1. The third-order valence-corrected chi connectivity index (χ3v) is 4.90. The Kier molecular flexibility index (Phi) is 10.1. The quantitative estimate of drug-likeness (QED) is 0.583. The molecule has 0 aliphatic rings. The topological polar surface area (TPSA) is 40.5 Å². The third-order valence-electron chi connectivity index (χ3n) is 2.29. The van der Waals surface area contributed by atoms with Gasteiger partial charge in [0, 0.05) is 17.9 Å². The second kappa shape index (κ2) is 10.3. The standard InChI is InChI=1S/C13H17NO2S3.ClH/c1-3-18-14(19-4-2)12(17)9-10-7-5-6-8-11(10)13(15)16;/h5-8H,3-4,9H2,1-2H3,(H,15,16);1H. The van der Waals surface area contributed by atoms with E-state index in [1.165, 1.54) is 0 Å². The van der Waals surface area contributed by atoms with Crippen LogP contribution in [0.15, 0.2) is 24.3 Å². The summed E-state index contributed by atoms with van der Waals surface area (Å²) in [5.41, 5.74) is 1.09. The van der Waals surface area contributed by atoms with Gasteiger partial charge in [-0.25, -0.2) is 4.79 Å². The molecule has 0 saturated heterocycles. The first-order valence-corrected chi connectivity index (χ1v) is 8.29. The van der Waals surface area contributed by atoms with Crippen LogP contribution in [0.2, 0.25) is 0 Å². The lowest BCUT2D eigenvalue weighted by atomic mass is 10.1. The molecule has 1 aromatic carbocycles. The van der Waals surface area contributed by atoms with Gasteiger partial charge in [0.1, 0.15) is 4.99 Å². The van der Waals surface area contributed by atoms with E-state index < -0.39 is 5.97 Å². The molecular weight excluding hydrogens is 334 g/mol. The van der Waals surface area contributed by atoms with Crippen LogP contribution in [0.25, 0.3) is 0 Å². The molecule has 7 heteroatoms. The Bertz CT molecular complexity index is 451. The molecule has 20 heavy (non-hydrogen) atoms. The van der Waals surface area contributed by atoms with Gasteiger partial charge in [-0.2, -0.15) is 0 Å². The second-order valence-corrected chi connectivity index (χ2v) is 6.73. The molecule has 0 radical (unpaired) electrons. The predicted octanol–water partition coefficient (Wildman–Crippen LogP) is 4.31. The lowest BCUT2D eigenvalue weighted by Crippen LogP contribution is -2.19. The molecule has 1 N–H and O–H groups in total. The molecule has 0 aromatic heterocycles. The van der Waals surface area contributed by atoms with Crippen molar-refractivity contribution in [3.05, 3.63) is 35.4 Å². The minimum absolute atomic E-state index is 0. The lowest BCUT2D eigenvalue weighted by Gasteiger charge is -2.21. The van der Waals surface area contributed by atoms with Crippen molar-refractivity contribution >= 4 is 59.5 Å². The number of nitrogens with zero attached hydrogens (tertiary/aromatic N) is 1. The Balaban J connectivity index is 0.00000361. The average molecular weight is 352 g/mol. The van der Waals surface area contributed by atoms with Crippen molar-refractivity contribution < 1.29 is 9.90 Å². The van der Waals surface area contributed by atoms with Crippen LogP contribution in [-0.4, -0.2) is 31.3 Å². The Morgan fingerprint density at radius 3 is 2.30 bits per heavy atom. The molecule has 3 nitrogen and oxygen atoms in total. The smallest absolute Gasteiger partial charge is 0.335 e. The van der Waals surface area contributed by atoms with E-state index >= 15 is 0 Å². The first kappa shape index (κ1) is 19.6. The molecule has 1 rings (SSSR count). The van der Waals surface area contributed by atoms with Crippen LogP contribution in [-0.2, 0) is 6.42 Å². The van der Waals surface area contributed by atoms with Crippen molar-refractivity contribution in [3.63, 3.8) is 0 Å². The Morgan fingerprint density at radius 2 is 1.80 bits per heavy atom. The van der Waals surface area contributed by atoms with E-state index in [2.05, 4.69) is 13.8 Å². The Hall–Kier alpha value is -0.430. The zero-order valence-corrected chi connectivity index (χ0v) is 14.6. The van der Waals surface area contributed by atoms with Gasteiger partial charge in [-0.05, 0) is 35.5 Å². The average Bonchev–Trinajstić information content (AvgIpc) is 2.38. The Morgan fingerprint density at radius 1 is 1.25 bits per heavy atom. The molecular formula is C13H18ClNO2S3. The predicted molar refractivity (Wildman–Crippen MR) is 95.1 cm³/mol. The summed E-state index contributed by atoms with van der Waals surface area (Å²) >= 11 is 8.73. The van der Waals surface area contributed by atoms with E-state index in [-0.39, 0.29) is 12.4 Å². The summed E-state index contributed by atoms with van der Waals surface area (Å²) in [5, 5.41) is 9.16. The van der Waals surface area contributed by atoms with Crippen LogP contribution >= 0.6 is 48.5 Å². The van der Waals surface area contributed by atoms with Crippen LogP contribution in [0.1, 0.15) is 29.8 Å². The van der Waals surface area contributed by atoms with Crippen molar-refractivity contribution in [3.8, 4) is 0 Å². The number of benzene rings is 1. The van der Waals surface area contributed by atoms with E-state index in [9.17, 15) is 4.79 Å². The Labute approximate surface area is 140 Å². The summed E-state index contributed by atoms with van der Waals surface area (Å²) in [5.74, 6) is 0.970. The monoisotopic (exact) mass is 351 g/mol. The highest BCUT2D eigenvalue weighted by molar-refractivity contribution is 8.13. The molecule has 0 fully saturated rings. The molecule has 0 unspecified atom stereocenters. The maximum Gasteiger partial charge on any atom is 0.335 e. The molecule has 0 aliphatic heterocycles. The molecule has 0 amide bonds. The zero-order valence-electron chi connectivity index (χ0n) is 11.4. The summed E-state index contributed by atoms with van der Waals surface area (Å²) in [6.07, 6.45) is 0.484. The first-order chi connectivity index (χ1) is 9.10. The summed E-state index contributed by atoms with van der Waals surface area (Å²) in [4.78, 5) is 11.9. The number of carboxylic acid groups (broad SMARTS) is 1. The normalized spacial score (nSPS) is 9.70. The van der Waals surface area contributed by atoms with Crippen LogP contribution in [0.5, 0.6) is 0 Å². The van der Waals surface area contributed by atoms with Crippen LogP contribution in [0, 0.1) is 0 Å². The first-order valence-electron chi connectivity index (χ1n) is 6.00. The molecule has 0 bridgehead atoms. The summed E-state index contributed by atoms with van der Waals surface area (Å²) in [6.45, 7) is 4.14. The molecule has 0 heterocycles.